The molecule has 3 aromatic carbocycles. The van der Waals surface area contributed by atoms with Gasteiger partial charge < -0.3 is 9.51 Å². The van der Waals surface area contributed by atoms with Gasteiger partial charge in [0.05, 0.1) is 16.4 Å². The van der Waals surface area contributed by atoms with E-state index in [0.29, 0.717) is 22.8 Å². The maximum atomic E-state index is 12.7. The van der Waals surface area contributed by atoms with Gasteiger partial charge in [0.25, 0.3) is 5.91 Å². The SMILES string of the molecule is O=C(Nc1nc2ccccc2[nH]1)c1ccc2noc(-c3ccccc3)c2c1. The van der Waals surface area contributed by atoms with Crippen LogP contribution >= 0.6 is 0 Å². The minimum Gasteiger partial charge on any atom is -0.355 e. The first-order valence-electron chi connectivity index (χ1n) is 8.49. The lowest BCUT2D eigenvalue weighted by molar-refractivity contribution is 0.102. The van der Waals surface area contributed by atoms with Gasteiger partial charge in [-0.25, -0.2) is 4.98 Å². The summed E-state index contributed by atoms with van der Waals surface area (Å²) in [6, 6.07) is 22.6. The number of amides is 1. The molecule has 0 bridgehead atoms. The van der Waals surface area contributed by atoms with Crippen LogP contribution in [0, 0.1) is 0 Å². The lowest BCUT2D eigenvalue weighted by Gasteiger charge is -2.02. The average molecular weight is 354 g/mol. The smallest absolute Gasteiger partial charge is 0.257 e. The molecule has 6 nitrogen and oxygen atoms in total. The topological polar surface area (TPSA) is 83.8 Å². The summed E-state index contributed by atoms with van der Waals surface area (Å²) in [7, 11) is 0. The molecule has 2 heterocycles. The highest BCUT2D eigenvalue weighted by Gasteiger charge is 2.15. The molecule has 0 aliphatic carbocycles. The average Bonchev–Trinajstić information content (AvgIpc) is 3.31. The third kappa shape index (κ3) is 2.73. The second-order valence-corrected chi connectivity index (χ2v) is 6.17. The molecule has 0 spiro atoms. The molecule has 0 atom stereocenters. The molecule has 0 saturated heterocycles. The molecule has 0 aliphatic heterocycles. The van der Waals surface area contributed by atoms with Gasteiger partial charge in [-0.3, -0.25) is 10.1 Å². The number of imidazole rings is 1. The fraction of sp³-hybridized carbons (Fsp3) is 0. The maximum absolute atomic E-state index is 12.7. The summed E-state index contributed by atoms with van der Waals surface area (Å²) in [5.41, 5.74) is 3.79. The number of rotatable bonds is 3. The molecule has 0 unspecified atom stereocenters. The van der Waals surface area contributed by atoms with Gasteiger partial charge in [-0.05, 0) is 30.3 Å². The molecule has 5 aromatic rings. The Kier molecular flexibility index (Phi) is 3.47. The van der Waals surface area contributed by atoms with Crippen LogP contribution in [0.2, 0.25) is 0 Å². The molecule has 130 valence electrons. The van der Waals surface area contributed by atoms with Gasteiger partial charge in [-0.2, -0.15) is 0 Å². The molecule has 5 rings (SSSR count). The Hall–Kier alpha value is -3.93. The number of nitrogens with zero attached hydrogens (tertiary/aromatic N) is 2. The number of hydrogen-bond acceptors (Lipinski definition) is 4. The number of H-pyrrole nitrogens is 1. The van der Waals surface area contributed by atoms with Crippen LogP contribution in [-0.2, 0) is 0 Å². The normalized spacial score (nSPS) is 11.1. The fourth-order valence-corrected chi connectivity index (χ4v) is 3.07. The molecule has 0 fully saturated rings. The van der Waals surface area contributed by atoms with E-state index in [1.807, 2.05) is 54.6 Å². The number of aromatic nitrogens is 3. The van der Waals surface area contributed by atoms with E-state index in [1.54, 1.807) is 18.2 Å². The zero-order chi connectivity index (χ0) is 18.2. The number of fused-ring (bicyclic) bond motifs is 2. The second-order valence-electron chi connectivity index (χ2n) is 6.17. The molecular formula is C21H14N4O2. The highest BCUT2D eigenvalue weighted by Crippen LogP contribution is 2.29. The van der Waals surface area contributed by atoms with Gasteiger partial charge in [-0.1, -0.05) is 47.6 Å². The Morgan fingerprint density at radius 2 is 1.74 bits per heavy atom. The van der Waals surface area contributed by atoms with Gasteiger partial charge in [0.2, 0.25) is 5.95 Å². The lowest BCUT2D eigenvalue weighted by atomic mass is 10.1. The Balaban J connectivity index is 1.49. The highest BCUT2D eigenvalue weighted by molar-refractivity contribution is 6.07. The molecule has 0 radical (unpaired) electrons. The summed E-state index contributed by atoms with van der Waals surface area (Å²) in [6.45, 7) is 0. The molecule has 27 heavy (non-hydrogen) atoms. The Morgan fingerprint density at radius 3 is 2.59 bits per heavy atom. The maximum Gasteiger partial charge on any atom is 0.257 e. The van der Waals surface area contributed by atoms with E-state index in [-0.39, 0.29) is 5.91 Å². The van der Waals surface area contributed by atoms with Crippen LogP contribution in [0.3, 0.4) is 0 Å². The predicted molar refractivity (Wildman–Crippen MR) is 103 cm³/mol. The molecule has 0 aliphatic rings. The number of para-hydroxylation sites is 2. The Bertz CT molecular complexity index is 1240. The molecule has 2 N–H and O–H groups in total. The van der Waals surface area contributed by atoms with E-state index < -0.39 is 0 Å². The minimum absolute atomic E-state index is 0.254. The number of benzene rings is 3. The van der Waals surface area contributed by atoms with Crippen molar-refractivity contribution in [2.75, 3.05) is 5.32 Å². The van der Waals surface area contributed by atoms with E-state index in [4.69, 9.17) is 4.52 Å². The Labute approximate surface area is 153 Å². The van der Waals surface area contributed by atoms with Crippen molar-refractivity contribution in [3.8, 4) is 11.3 Å². The number of anilines is 1. The first-order valence-corrected chi connectivity index (χ1v) is 8.49. The van der Waals surface area contributed by atoms with E-state index >= 15 is 0 Å². The van der Waals surface area contributed by atoms with Crippen molar-refractivity contribution >= 4 is 33.8 Å². The molecule has 0 saturated carbocycles. The van der Waals surface area contributed by atoms with Crippen LogP contribution in [0.5, 0.6) is 0 Å². The lowest BCUT2D eigenvalue weighted by Crippen LogP contribution is -2.12. The minimum atomic E-state index is -0.254. The number of carbonyl (C=O) groups excluding carboxylic acids is 1. The van der Waals surface area contributed by atoms with E-state index in [2.05, 4.69) is 20.4 Å². The van der Waals surface area contributed by atoms with Gasteiger partial charge in [0.1, 0.15) is 5.52 Å². The van der Waals surface area contributed by atoms with Crippen molar-refractivity contribution in [1.29, 1.82) is 0 Å². The number of carbonyl (C=O) groups is 1. The third-order valence-electron chi connectivity index (χ3n) is 4.40. The number of aromatic amines is 1. The molecule has 2 aromatic heterocycles. The van der Waals surface area contributed by atoms with Crippen LogP contribution < -0.4 is 5.32 Å². The van der Waals surface area contributed by atoms with E-state index in [0.717, 1.165) is 22.0 Å². The van der Waals surface area contributed by atoms with Crippen LogP contribution in [0.15, 0.2) is 77.3 Å². The van der Waals surface area contributed by atoms with Crippen molar-refractivity contribution in [2.24, 2.45) is 0 Å². The third-order valence-corrected chi connectivity index (χ3v) is 4.40. The first kappa shape index (κ1) is 15.3. The van der Waals surface area contributed by atoms with Gasteiger partial charge in [0, 0.05) is 11.1 Å². The summed E-state index contributed by atoms with van der Waals surface area (Å²) >= 11 is 0. The second kappa shape index (κ2) is 6.10. The Morgan fingerprint density at radius 1 is 0.926 bits per heavy atom. The fourth-order valence-electron chi connectivity index (χ4n) is 3.07. The largest absolute Gasteiger partial charge is 0.355 e. The molecule has 1 amide bonds. The standard InChI is InChI=1S/C21H14N4O2/c26-20(24-21-22-17-8-4-5-9-18(17)23-21)14-10-11-16-15(12-14)19(27-25-16)13-6-2-1-3-7-13/h1-12H,(H2,22,23,24,26). The zero-order valence-electron chi connectivity index (χ0n) is 14.1. The van der Waals surface area contributed by atoms with Crippen molar-refractivity contribution < 1.29 is 9.32 Å². The van der Waals surface area contributed by atoms with Crippen molar-refractivity contribution in [3.05, 3.63) is 78.4 Å². The summed E-state index contributed by atoms with van der Waals surface area (Å²) in [5.74, 6) is 0.801. The summed E-state index contributed by atoms with van der Waals surface area (Å²) in [4.78, 5) is 20.2. The van der Waals surface area contributed by atoms with Crippen molar-refractivity contribution in [1.82, 2.24) is 15.1 Å². The molecular weight excluding hydrogens is 340 g/mol. The van der Waals surface area contributed by atoms with Gasteiger partial charge in [0.15, 0.2) is 5.76 Å². The number of nitrogens with one attached hydrogen (secondary N) is 2. The van der Waals surface area contributed by atoms with Gasteiger partial charge in [-0.15, -0.1) is 0 Å². The van der Waals surface area contributed by atoms with Crippen LogP contribution in [-0.4, -0.2) is 21.0 Å². The number of hydrogen-bond donors (Lipinski definition) is 2. The first-order chi connectivity index (χ1) is 13.3. The van der Waals surface area contributed by atoms with Crippen LogP contribution in [0.1, 0.15) is 10.4 Å². The highest BCUT2D eigenvalue weighted by atomic mass is 16.5. The van der Waals surface area contributed by atoms with E-state index in [9.17, 15) is 4.79 Å². The van der Waals surface area contributed by atoms with Crippen molar-refractivity contribution in [3.63, 3.8) is 0 Å². The van der Waals surface area contributed by atoms with Gasteiger partial charge >= 0.3 is 0 Å². The molecule has 6 heteroatoms. The van der Waals surface area contributed by atoms with Crippen LogP contribution in [0.4, 0.5) is 5.95 Å². The summed E-state index contributed by atoms with van der Waals surface area (Å²) < 4.78 is 5.49. The van der Waals surface area contributed by atoms with E-state index in [1.165, 1.54) is 0 Å². The monoisotopic (exact) mass is 354 g/mol. The quantitative estimate of drug-likeness (QED) is 0.495. The van der Waals surface area contributed by atoms with Crippen molar-refractivity contribution in [2.45, 2.75) is 0 Å². The predicted octanol–water partition coefficient (Wildman–Crippen LogP) is 4.62. The summed E-state index contributed by atoms with van der Waals surface area (Å²) in [5, 5.41) is 7.68. The summed E-state index contributed by atoms with van der Waals surface area (Å²) in [6.07, 6.45) is 0. The van der Waals surface area contributed by atoms with Crippen LogP contribution in [0.25, 0.3) is 33.3 Å². The zero-order valence-corrected chi connectivity index (χ0v) is 14.1.